The van der Waals surface area contributed by atoms with Crippen LogP contribution >= 0.6 is 11.6 Å². The van der Waals surface area contributed by atoms with Crippen LogP contribution in [0, 0.1) is 0 Å². The Kier molecular flexibility index (Phi) is 5.54. The van der Waals surface area contributed by atoms with Gasteiger partial charge in [0.1, 0.15) is 0 Å². The Balaban J connectivity index is 2.17. The molecular formula is C17H13ClF7N3O. The summed E-state index contributed by atoms with van der Waals surface area (Å²) < 4.78 is 97.1. The summed E-state index contributed by atoms with van der Waals surface area (Å²) in [5.74, 6) is -6.07. The van der Waals surface area contributed by atoms with E-state index in [1.54, 1.807) is 0 Å². The zero-order valence-corrected chi connectivity index (χ0v) is 15.2. The molecule has 158 valence electrons. The van der Waals surface area contributed by atoms with E-state index in [0.29, 0.717) is 16.9 Å². The molecule has 1 saturated carbocycles. The molecule has 1 aliphatic carbocycles. The SMILES string of the molecule is O=C(c1nn(CF)cc1C(F)F)N(C1CC1)C(F)(c1cccc(Cl)c1)C(F)(F)F. The van der Waals surface area contributed by atoms with Crippen LogP contribution in [-0.4, -0.2) is 32.8 Å². The first kappa shape index (κ1) is 21.4. The highest BCUT2D eigenvalue weighted by Gasteiger charge is 2.66. The molecule has 1 aliphatic rings. The average Bonchev–Trinajstić information content (AvgIpc) is 3.36. The molecule has 1 fully saturated rings. The van der Waals surface area contributed by atoms with Gasteiger partial charge < -0.3 is 0 Å². The molecule has 1 atom stereocenters. The highest BCUT2D eigenvalue weighted by Crippen LogP contribution is 2.50. The number of amides is 1. The lowest BCUT2D eigenvalue weighted by Gasteiger charge is -2.39. The quantitative estimate of drug-likeness (QED) is 0.443. The molecule has 0 N–H and O–H groups in total. The molecule has 2 aromatic rings. The first-order chi connectivity index (χ1) is 13.5. The Labute approximate surface area is 164 Å². The summed E-state index contributed by atoms with van der Waals surface area (Å²) in [5, 5.41) is 3.08. The maximum absolute atomic E-state index is 15.7. The fourth-order valence-corrected chi connectivity index (χ4v) is 3.15. The number of rotatable bonds is 6. The van der Waals surface area contributed by atoms with Crippen LogP contribution in [0.25, 0.3) is 0 Å². The maximum atomic E-state index is 15.7. The Morgan fingerprint density at radius 3 is 2.41 bits per heavy atom. The van der Waals surface area contributed by atoms with E-state index in [1.807, 2.05) is 0 Å². The molecular weight excluding hydrogens is 431 g/mol. The van der Waals surface area contributed by atoms with Crippen LogP contribution in [-0.2, 0) is 12.6 Å². The van der Waals surface area contributed by atoms with E-state index >= 15 is 4.39 Å². The first-order valence-corrected chi connectivity index (χ1v) is 8.65. The van der Waals surface area contributed by atoms with Crippen molar-refractivity contribution in [2.24, 2.45) is 0 Å². The number of alkyl halides is 7. The standard InChI is InChI=1S/C17H13ClF7N3O/c18-10-3-1-2-9(6-10)16(22,17(23,24)25)28(11-4-5-11)15(29)13-12(14(20)21)7-27(8-19)26-13/h1-3,6-7,11,14H,4-5,8H2. The number of nitrogens with zero attached hydrogens (tertiary/aromatic N) is 3. The smallest absolute Gasteiger partial charge is 0.290 e. The summed E-state index contributed by atoms with van der Waals surface area (Å²) in [7, 11) is 0. The molecule has 29 heavy (non-hydrogen) atoms. The number of aromatic nitrogens is 2. The monoisotopic (exact) mass is 443 g/mol. The fraction of sp³-hybridized carbons (Fsp3) is 0.412. The van der Waals surface area contributed by atoms with E-state index in [9.17, 15) is 31.1 Å². The van der Waals surface area contributed by atoms with E-state index < -0.39 is 54.0 Å². The van der Waals surface area contributed by atoms with Gasteiger partial charge in [-0.2, -0.15) is 18.3 Å². The van der Waals surface area contributed by atoms with Crippen LogP contribution < -0.4 is 0 Å². The molecule has 1 heterocycles. The van der Waals surface area contributed by atoms with Gasteiger partial charge in [-0.25, -0.2) is 22.2 Å². The minimum absolute atomic E-state index is 0.0297. The van der Waals surface area contributed by atoms with Gasteiger partial charge in [-0.05, 0) is 25.0 Å². The zero-order valence-electron chi connectivity index (χ0n) is 14.4. The third-order valence-electron chi connectivity index (χ3n) is 4.40. The molecule has 4 nitrogen and oxygen atoms in total. The van der Waals surface area contributed by atoms with Crippen molar-refractivity contribution in [1.82, 2.24) is 14.7 Å². The molecule has 1 amide bonds. The van der Waals surface area contributed by atoms with Gasteiger partial charge in [0.05, 0.1) is 5.56 Å². The van der Waals surface area contributed by atoms with Gasteiger partial charge in [-0.1, -0.05) is 23.7 Å². The number of hydrogen-bond acceptors (Lipinski definition) is 2. The summed E-state index contributed by atoms with van der Waals surface area (Å²) in [5.41, 5.74) is -3.21. The lowest BCUT2D eigenvalue weighted by atomic mass is 10.0. The Morgan fingerprint density at radius 2 is 1.93 bits per heavy atom. The molecule has 1 unspecified atom stereocenters. The zero-order chi connectivity index (χ0) is 21.6. The Morgan fingerprint density at radius 1 is 1.28 bits per heavy atom. The fourth-order valence-electron chi connectivity index (χ4n) is 2.96. The van der Waals surface area contributed by atoms with Gasteiger partial charge in [-0.3, -0.25) is 9.69 Å². The number of halogens is 8. The topological polar surface area (TPSA) is 38.1 Å². The van der Waals surface area contributed by atoms with Gasteiger partial charge in [0.2, 0.25) is 0 Å². The van der Waals surface area contributed by atoms with E-state index in [2.05, 4.69) is 5.10 Å². The molecule has 0 aliphatic heterocycles. The van der Waals surface area contributed by atoms with E-state index in [4.69, 9.17) is 11.6 Å². The molecule has 3 rings (SSSR count). The van der Waals surface area contributed by atoms with Crippen LogP contribution in [0.5, 0.6) is 0 Å². The normalized spacial score (nSPS) is 16.7. The number of carbonyl (C=O) groups is 1. The van der Waals surface area contributed by atoms with Crippen LogP contribution in [0.3, 0.4) is 0 Å². The number of benzene rings is 1. The largest absolute Gasteiger partial charge is 0.446 e. The van der Waals surface area contributed by atoms with Crippen LogP contribution in [0.1, 0.15) is 40.9 Å². The third kappa shape index (κ3) is 3.79. The highest BCUT2D eigenvalue weighted by atomic mass is 35.5. The van der Waals surface area contributed by atoms with E-state index in [0.717, 1.165) is 12.1 Å². The van der Waals surface area contributed by atoms with Crippen molar-refractivity contribution in [3.8, 4) is 0 Å². The molecule has 0 radical (unpaired) electrons. The van der Waals surface area contributed by atoms with Crippen molar-refractivity contribution < 1.29 is 35.5 Å². The average molecular weight is 444 g/mol. The Hall–Kier alpha value is -2.30. The van der Waals surface area contributed by atoms with Crippen molar-refractivity contribution in [3.05, 3.63) is 52.3 Å². The lowest BCUT2D eigenvalue weighted by molar-refractivity contribution is -0.282. The van der Waals surface area contributed by atoms with Crippen molar-refractivity contribution in [3.63, 3.8) is 0 Å². The second-order valence-electron chi connectivity index (χ2n) is 6.43. The molecule has 1 aromatic carbocycles. The highest BCUT2D eigenvalue weighted by molar-refractivity contribution is 6.30. The second-order valence-corrected chi connectivity index (χ2v) is 6.87. The van der Waals surface area contributed by atoms with Crippen molar-refractivity contribution in [1.29, 1.82) is 0 Å². The van der Waals surface area contributed by atoms with E-state index in [1.165, 1.54) is 6.07 Å². The van der Waals surface area contributed by atoms with E-state index in [-0.39, 0.29) is 22.8 Å². The van der Waals surface area contributed by atoms with Crippen LogP contribution in [0.4, 0.5) is 30.7 Å². The number of hydrogen-bond donors (Lipinski definition) is 0. The van der Waals surface area contributed by atoms with Gasteiger partial charge in [0.25, 0.3) is 12.3 Å². The summed E-state index contributed by atoms with van der Waals surface area (Å²) in [6.07, 6.45) is -8.40. The lowest BCUT2D eigenvalue weighted by Crippen LogP contribution is -2.56. The van der Waals surface area contributed by atoms with Crippen LogP contribution in [0.2, 0.25) is 5.02 Å². The predicted molar refractivity (Wildman–Crippen MR) is 87.8 cm³/mol. The van der Waals surface area contributed by atoms with Crippen molar-refractivity contribution in [2.75, 3.05) is 0 Å². The van der Waals surface area contributed by atoms with Gasteiger partial charge in [-0.15, -0.1) is 0 Å². The third-order valence-corrected chi connectivity index (χ3v) is 4.63. The molecule has 1 aromatic heterocycles. The first-order valence-electron chi connectivity index (χ1n) is 8.27. The minimum Gasteiger partial charge on any atom is -0.290 e. The summed E-state index contributed by atoms with van der Waals surface area (Å²) in [6, 6.07) is 2.56. The minimum atomic E-state index is -5.62. The summed E-state index contributed by atoms with van der Waals surface area (Å²) >= 11 is 5.69. The summed E-state index contributed by atoms with van der Waals surface area (Å²) in [6.45, 7) is -1.40. The van der Waals surface area contributed by atoms with Gasteiger partial charge in [0.15, 0.2) is 12.5 Å². The molecule has 0 bridgehead atoms. The molecule has 0 spiro atoms. The van der Waals surface area contributed by atoms with Gasteiger partial charge >= 0.3 is 12.0 Å². The second kappa shape index (κ2) is 7.51. The van der Waals surface area contributed by atoms with Crippen molar-refractivity contribution in [2.45, 2.75) is 44.1 Å². The predicted octanol–water partition coefficient (Wildman–Crippen LogP) is 5.39. The molecule has 0 saturated heterocycles. The van der Waals surface area contributed by atoms with Gasteiger partial charge in [0, 0.05) is 22.8 Å². The van der Waals surface area contributed by atoms with Crippen molar-refractivity contribution >= 4 is 17.5 Å². The Bertz CT molecular complexity index is 913. The molecule has 12 heteroatoms. The maximum Gasteiger partial charge on any atom is 0.446 e. The number of carbonyl (C=O) groups excluding carboxylic acids is 1. The van der Waals surface area contributed by atoms with Crippen LogP contribution in [0.15, 0.2) is 30.5 Å². The summed E-state index contributed by atoms with van der Waals surface area (Å²) in [4.78, 5) is 12.7.